The van der Waals surface area contributed by atoms with Crippen molar-refractivity contribution < 1.29 is 4.79 Å². The summed E-state index contributed by atoms with van der Waals surface area (Å²) >= 11 is 0. The van der Waals surface area contributed by atoms with Gasteiger partial charge in [-0.2, -0.15) is 0 Å². The molecule has 1 nitrogen and oxygen atoms in total. The zero-order valence-corrected chi connectivity index (χ0v) is 10.1. The van der Waals surface area contributed by atoms with Crippen LogP contribution in [0.15, 0.2) is 18.2 Å². The second-order valence-corrected chi connectivity index (χ2v) is 4.37. The smallest absolute Gasteiger partial charge is 0.165 e. The highest BCUT2D eigenvalue weighted by molar-refractivity contribution is 5.99. The zero-order valence-electron chi connectivity index (χ0n) is 10.1. The van der Waals surface area contributed by atoms with Crippen LogP contribution in [-0.2, 0) is 6.42 Å². The highest BCUT2D eigenvalue weighted by Crippen LogP contribution is 2.19. The van der Waals surface area contributed by atoms with Gasteiger partial charge in [0, 0.05) is 11.5 Å². The van der Waals surface area contributed by atoms with Gasteiger partial charge in [-0.3, -0.25) is 4.79 Å². The summed E-state index contributed by atoms with van der Waals surface area (Å²) in [7, 11) is 0. The second-order valence-electron chi connectivity index (χ2n) is 4.37. The van der Waals surface area contributed by atoms with Gasteiger partial charge in [0.1, 0.15) is 0 Å². The van der Waals surface area contributed by atoms with Crippen LogP contribution in [0.2, 0.25) is 0 Å². The lowest BCUT2D eigenvalue weighted by Crippen LogP contribution is -2.11. The highest BCUT2D eigenvalue weighted by Gasteiger charge is 2.15. The van der Waals surface area contributed by atoms with Gasteiger partial charge in [0.25, 0.3) is 0 Å². The minimum absolute atomic E-state index is 0.0856. The van der Waals surface area contributed by atoms with Gasteiger partial charge in [0.05, 0.1) is 0 Å². The van der Waals surface area contributed by atoms with E-state index in [-0.39, 0.29) is 11.7 Å². The van der Waals surface area contributed by atoms with Crippen molar-refractivity contribution >= 4 is 5.78 Å². The molecule has 0 unspecified atom stereocenters. The van der Waals surface area contributed by atoms with Crippen LogP contribution in [0.4, 0.5) is 0 Å². The van der Waals surface area contributed by atoms with E-state index < -0.39 is 0 Å². The molecule has 0 heterocycles. The van der Waals surface area contributed by atoms with Gasteiger partial charge in [-0.05, 0) is 24.5 Å². The fraction of sp³-hybridized carbons (Fsp3) is 0.500. The number of rotatable bonds is 4. The Balaban J connectivity index is 3.16. The Kier molecular flexibility index (Phi) is 4.07. The minimum Gasteiger partial charge on any atom is -0.294 e. The molecule has 0 saturated carbocycles. The van der Waals surface area contributed by atoms with E-state index in [1.54, 1.807) is 0 Å². The fourth-order valence-electron chi connectivity index (χ4n) is 1.83. The van der Waals surface area contributed by atoms with Crippen molar-refractivity contribution in [2.75, 3.05) is 0 Å². The molecule has 0 aliphatic carbocycles. The molecule has 0 N–H and O–H groups in total. The first-order valence-electron chi connectivity index (χ1n) is 5.70. The molecule has 1 aromatic rings. The third-order valence-electron chi connectivity index (χ3n) is 2.70. The van der Waals surface area contributed by atoms with E-state index in [1.165, 1.54) is 11.1 Å². The van der Waals surface area contributed by atoms with Crippen LogP contribution < -0.4 is 0 Å². The normalized spacial score (nSPS) is 10.7. The molecule has 1 aromatic carbocycles. The van der Waals surface area contributed by atoms with Gasteiger partial charge >= 0.3 is 0 Å². The maximum atomic E-state index is 12.0. The lowest BCUT2D eigenvalue weighted by Gasteiger charge is -2.12. The summed E-state index contributed by atoms with van der Waals surface area (Å²) in [6.45, 7) is 8.15. The molecule has 0 aliphatic rings. The van der Waals surface area contributed by atoms with E-state index in [2.05, 4.69) is 19.9 Å². The van der Waals surface area contributed by atoms with Crippen LogP contribution >= 0.6 is 0 Å². The van der Waals surface area contributed by atoms with Crippen LogP contribution in [-0.4, -0.2) is 5.78 Å². The van der Waals surface area contributed by atoms with Crippen molar-refractivity contribution in [1.82, 2.24) is 0 Å². The standard InChI is InChI=1S/C14H20O/c1-5-7-12-11(4)8-6-9-13(12)14(15)10(2)3/h6,8-10H,5,7H2,1-4H3. The van der Waals surface area contributed by atoms with Crippen molar-refractivity contribution in [2.45, 2.75) is 40.5 Å². The number of carbonyl (C=O) groups excluding carboxylic acids is 1. The van der Waals surface area contributed by atoms with Crippen molar-refractivity contribution in [3.05, 3.63) is 34.9 Å². The SMILES string of the molecule is CCCc1c(C)cccc1C(=O)C(C)C. The second kappa shape index (κ2) is 5.11. The minimum atomic E-state index is 0.0856. The molecule has 1 heteroatoms. The average molecular weight is 204 g/mol. The van der Waals surface area contributed by atoms with E-state index in [4.69, 9.17) is 0 Å². The number of hydrogen-bond donors (Lipinski definition) is 0. The van der Waals surface area contributed by atoms with Crippen LogP contribution in [0.25, 0.3) is 0 Å². The van der Waals surface area contributed by atoms with Gasteiger partial charge in [-0.15, -0.1) is 0 Å². The van der Waals surface area contributed by atoms with Crippen LogP contribution in [0, 0.1) is 12.8 Å². The monoisotopic (exact) mass is 204 g/mol. The zero-order chi connectivity index (χ0) is 11.4. The molecule has 0 spiro atoms. The van der Waals surface area contributed by atoms with Gasteiger partial charge in [0.15, 0.2) is 5.78 Å². The molecule has 15 heavy (non-hydrogen) atoms. The molecule has 0 atom stereocenters. The Bertz CT molecular complexity index is 350. The molecule has 1 rings (SSSR count). The third kappa shape index (κ3) is 2.68. The highest BCUT2D eigenvalue weighted by atomic mass is 16.1. The summed E-state index contributed by atoms with van der Waals surface area (Å²) in [5.41, 5.74) is 3.40. The van der Waals surface area contributed by atoms with Gasteiger partial charge in [-0.25, -0.2) is 0 Å². The summed E-state index contributed by atoms with van der Waals surface area (Å²) in [5, 5.41) is 0. The number of hydrogen-bond acceptors (Lipinski definition) is 1. The predicted octanol–water partition coefficient (Wildman–Crippen LogP) is 3.79. The molecule has 82 valence electrons. The van der Waals surface area contributed by atoms with Gasteiger partial charge < -0.3 is 0 Å². The molecular formula is C14H20O. The van der Waals surface area contributed by atoms with E-state index in [0.29, 0.717) is 0 Å². The summed E-state index contributed by atoms with van der Waals surface area (Å²) in [6, 6.07) is 6.02. The van der Waals surface area contributed by atoms with Gasteiger partial charge in [-0.1, -0.05) is 45.4 Å². The van der Waals surface area contributed by atoms with Crippen LogP contribution in [0.3, 0.4) is 0 Å². The summed E-state index contributed by atoms with van der Waals surface area (Å²) in [5.74, 6) is 0.351. The fourth-order valence-corrected chi connectivity index (χ4v) is 1.83. The molecule has 0 amide bonds. The Morgan fingerprint density at radius 2 is 2.00 bits per heavy atom. The van der Waals surface area contributed by atoms with Crippen molar-refractivity contribution in [2.24, 2.45) is 5.92 Å². The van der Waals surface area contributed by atoms with E-state index in [0.717, 1.165) is 18.4 Å². The number of Topliss-reactive ketones (excluding diaryl/α,β-unsaturated/α-hetero) is 1. The van der Waals surface area contributed by atoms with E-state index in [1.807, 2.05) is 26.0 Å². The molecule has 0 saturated heterocycles. The largest absolute Gasteiger partial charge is 0.294 e. The number of ketones is 1. The van der Waals surface area contributed by atoms with Gasteiger partial charge in [0.2, 0.25) is 0 Å². The maximum Gasteiger partial charge on any atom is 0.165 e. The van der Waals surface area contributed by atoms with Crippen LogP contribution in [0.5, 0.6) is 0 Å². The molecule has 0 aliphatic heterocycles. The first kappa shape index (κ1) is 12.0. The molecule has 0 bridgehead atoms. The first-order valence-corrected chi connectivity index (χ1v) is 5.70. The summed E-state index contributed by atoms with van der Waals surface area (Å²) in [6.07, 6.45) is 2.09. The molecular weight excluding hydrogens is 184 g/mol. The Labute approximate surface area is 92.5 Å². The Morgan fingerprint density at radius 3 is 2.53 bits per heavy atom. The number of carbonyl (C=O) groups is 1. The lowest BCUT2D eigenvalue weighted by molar-refractivity contribution is 0.0938. The van der Waals surface area contributed by atoms with Crippen molar-refractivity contribution in [3.63, 3.8) is 0 Å². The van der Waals surface area contributed by atoms with E-state index in [9.17, 15) is 4.79 Å². The topological polar surface area (TPSA) is 17.1 Å². The van der Waals surface area contributed by atoms with Crippen molar-refractivity contribution in [1.29, 1.82) is 0 Å². The van der Waals surface area contributed by atoms with E-state index >= 15 is 0 Å². The third-order valence-corrected chi connectivity index (χ3v) is 2.70. The summed E-state index contributed by atoms with van der Waals surface area (Å²) in [4.78, 5) is 12.0. The number of benzene rings is 1. The van der Waals surface area contributed by atoms with Crippen LogP contribution in [0.1, 0.15) is 48.7 Å². The average Bonchev–Trinajstić information content (AvgIpc) is 2.20. The Morgan fingerprint density at radius 1 is 1.33 bits per heavy atom. The maximum absolute atomic E-state index is 12.0. The number of aryl methyl sites for hydroxylation is 1. The lowest BCUT2D eigenvalue weighted by atomic mass is 9.91. The molecule has 0 radical (unpaired) electrons. The first-order chi connectivity index (χ1) is 7.07. The molecule has 0 aromatic heterocycles. The quantitative estimate of drug-likeness (QED) is 0.682. The Hall–Kier alpha value is -1.11. The molecule has 0 fully saturated rings. The summed E-state index contributed by atoms with van der Waals surface area (Å²) < 4.78 is 0. The van der Waals surface area contributed by atoms with Crippen molar-refractivity contribution in [3.8, 4) is 0 Å². The predicted molar refractivity (Wildman–Crippen MR) is 64.3 cm³/mol.